The van der Waals surface area contributed by atoms with Crippen molar-refractivity contribution in [1.29, 1.82) is 0 Å². The summed E-state index contributed by atoms with van der Waals surface area (Å²) >= 11 is 1.53. The van der Waals surface area contributed by atoms with Crippen LogP contribution in [0.2, 0.25) is 0 Å². The number of thiophene rings is 1. The summed E-state index contributed by atoms with van der Waals surface area (Å²) in [5.41, 5.74) is 5.84. The highest BCUT2D eigenvalue weighted by Crippen LogP contribution is 2.25. The average Bonchev–Trinajstić information content (AvgIpc) is 3.20. The Morgan fingerprint density at radius 3 is 3.13 bits per heavy atom. The van der Waals surface area contributed by atoms with Crippen LogP contribution in [-0.2, 0) is 11.3 Å². The van der Waals surface area contributed by atoms with Crippen molar-refractivity contribution < 1.29 is 19.1 Å². The Morgan fingerprint density at radius 2 is 2.43 bits per heavy atom. The SMILES string of the molecule is NC(=O)c1csc(CN2CCOCC2CC(O)c2ccco2)c1. The van der Waals surface area contributed by atoms with E-state index in [1.165, 1.54) is 11.3 Å². The number of furan rings is 1. The Morgan fingerprint density at radius 1 is 1.57 bits per heavy atom. The van der Waals surface area contributed by atoms with Crippen LogP contribution in [0.5, 0.6) is 0 Å². The maximum absolute atomic E-state index is 11.2. The monoisotopic (exact) mass is 336 g/mol. The van der Waals surface area contributed by atoms with Crippen molar-refractivity contribution >= 4 is 17.2 Å². The number of carbonyl (C=O) groups is 1. The lowest BCUT2D eigenvalue weighted by molar-refractivity contribution is -0.0319. The van der Waals surface area contributed by atoms with Gasteiger partial charge in [-0.25, -0.2) is 0 Å². The van der Waals surface area contributed by atoms with E-state index in [1.54, 1.807) is 23.8 Å². The van der Waals surface area contributed by atoms with Gasteiger partial charge in [-0.15, -0.1) is 11.3 Å². The molecule has 3 rings (SSSR count). The molecule has 0 aliphatic carbocycles. The van der Waals surface area contributed by atoms with Crippen molar-refractivity contribution in [2.24, 2.45) is 5.73 Å². The van der Waals surface area contributed by atoms with Crippen molar-refractivity contribution in [1.82, 2.24) is 4.90 Å². The molecule has 1 saturated heterocycles. The molecule has 23 heavy (non-hydrogen) atoms. The molecule has 0 aromatic carbocycles. The number of carbonyl (C=O) groups excluding carboxylic acids is 1. The van der Waals surface area contributed by atoms with Crippen LogP contribution in [0, 0.1) is 0 Å². The molecule has 3 N–H and O–H groups in total. The quantitative estimate of drug-likeness (QED) is 0.839. The smallest absolute Gasteiger partial charge is 0.249 e. The van der Waals surface area contributed by atoms with E-state index in [2.05, 4.69) is 4.90 Å². The molecule has 7 heteroatoms. The van der Waals surface area contributed by atoms with E-state index in [0.29, 0.717) is 31.0 Å². The van der Waals surface area contributed by atoms with Crippen LogP contribution in [-0.4, -0.2) is 41.7 Å². The number of hydrogen-bond donors (Lipinski definition) is 2. The van der Waals surface area contributed by atoms with Crippen molar-refractivity contribution in [3.8, 4) is 0 Å². The Kier molecular flexibility index (Phi) is 5.12. The van der Waals surface area contributed by atoms with Crippen LogP contribution in [0.25, 0.3) is 0 Å². The molecule has 1 aliphatic heterocycles. The highest BCUT2D eigenvalue weighted by atomic mass is 32.1. The predicted octanol–water partition coefficient (Wildman–Crippen LogP) is 1.76. The van der Waals surface area contributed by atoms with Gasteiger partial charge in [0.15, 0.2) is 0 Å². The molecule has 2 aromatic rings. The van der Waals surface area contributed by atoms with Gasteiger partial charge in [0, 0.05) is 29.4 Å². The summed E-state index contributed by atoms with van der Waals surface area (Å²) in [5.74, 6) is 0.168. The van der Waals surface area contributed by atoms with Gasteiger partial charge in [0.25, 0.3) is 0 Å². The van der Waals surface area contributed by atoms with Crippen LogP contribution >= 0.6 is 11.3 Å². The second kappa shape index (κ2) is 7.27. The fourth-order valence-electron chi connectivity index (χ4n) is 2.76. The summed E-state index contributed by atoms with van der Waals surface area (Å²) < 4.78 is 10.8. The maximum atomic E-state index is 11.2. The molecule has 124 valence electrons. The van der Waals surface area contributed by atoms with E-state index < -0.39 is 12.0 Å². The average molecular weight is 336 g/mol. The fraction of sp³-hybridized carbons (Fsp3) is 0.438. The molecular weight excluding hydrogens is 316 g/mol. The predicted molar refractivity (Wildman–Crippen MR) is 86.1 cm³/mol. The molecule has 2 atom stereocenters. The van der Waals surface area contributed by atoms with E-state index in [0.717, 1.165) is 18.0 Å². The molecule has 0 spiro atoms. The minimum atomic E-state index is -0.649. The topological polar surface area (TPSA) is 88.9 Å². The summed E-state index contributed by atoms with van der Waals surface area (Å²) in [7, 11) is 0. The molecule has 1 aliphatic rings. The molecule has 3 heterocycles. The molecular formula is C16H20N2O4S. The number of rotatable bonds is 6. The summed E-state index contributed by atoms with van der Waals surface area (Å²) in [6.07, 6.45) is 1.45. The first-order valence-electron chi connectivity index (χ1n) is 7.54. The zero-order valence-electron chi connectivity index (χ0n) is 12.7. The number of aliphatic hydroxyl groups excluding tert-OH is 1. The lowest BCUT2D eigenvalue weighted by Gasteiger charge is -2.36. The van der Waals surface area contributed by atoms with E-state index in [4.69, 9.17) is 14.9 Å². The third-order valence-corrected chi connectivity index (χ3v) is 4.94. The first-order chi connectivity index (χ1) is 11.1. The van der Waals surface area contributed by atoms with E-state index in [1.807, 2.05) is 6.07 Å². The molecule has 0 bridgehead atoms. The molecule has 0 saturated carbocycles. The molecule has 1 fully saturated rings. The first-order valence-corrected chi connectivity index (χ1v) is 8.42. The zero-order chi connectivity index (χ0) is 16.2. The lowest BCUT2D eigenvalue weighted by atomic mass is 10.1. The number of aliphatic hydroxyl groups is 1. The van der Waals surface area contributed by atoms with Crippen molar-refractivity contribution in [3.05, 3.63) is 46.0 Å². The zero-order valence-corrected chi connectivity index (χ0v) is 13.5. The Hall–Kier alpha value is -1.67. The molecule has 0 radical (unpaired) electrons. The number of amides is 1. The number of ether oxygens (including phenoxy) is 1. The fourth-order valence-corrected chi connectivity index (χ4v) is 3.66. The van der Waals surface area contributed by atoms with E-state index >= 15 is 0 Å². The summed E-state index contributed by atoms with van der Waals surface area (Å²) in [6, 6.07) is 5.48. The number of nitrogens with zero attached hydrogens (tertiary/aromatic N) is 1. The second-order valence-corrected chi connectivity index (χ2v) is 6.63. The van der Waals surface area contributed by atoms with Crippen LogP contribution in [0.1, 0.15) is 33.5 Å². The second-order valence-electron chi connectivity index (χ2n) is 5.63. The van der Waals surface area contributed by atoms with E-state index in [9.17, 15) is 9.90 Å². The number of primary amides is 1. The lowest BCUT2D eigenvalue weighted by Crippen LogP contribution is -2.45. The Labute approximate surface area is 138 Å². The standard InChI is InChI=1S/C16H20N2O4S/c17-16(20)11-6-13(23-10-11)8-18-3-5-21-9-12(18)7-14(19)15-2-1-4-22-15/h1-2,4,6,10,12,14,19H,3,5,7-9H2,(H2,17,20). The van der Waals surface area contributed by atoms with Gasteiger partial charge in [-0.3, -0.25) is 9.69 Å². The van der Waals surface area contributed by atoms with Crippen LogP contribution in [0.4, 0.5) is 0 Å². The normalized spacial score (nSPS) is 20.5. The van der Waals surface area contributed by atoms with Crippen LogP contribution < -0.4 is 5.73 Å². The first kappa shape index (κ1) is 16.2. The van der Waals surface area contributed by atoms with Crippen molar-refractivity contribution in [2.75, 3.05) is 19.8 Å². The molecule has 2 aromatic heterocycles. The minimum absolute atomic E-state index is 0.1000. The van der Waals surface area contributed by atoms with Gasteiger partial charge in [-0.2, -0.15) is 0 Å². The van der Waals surface area contributed by atoms with Gasteiger partial charge in [-0.05, 0) is 24.6 Å². The minimum Gasteiger partial charge on any atom is -0.467 e. The summed E-state index contributed by atoms with van der Waals surface area (Å²) in [4.78, 5) is 14.6. The largest absolute Gasteiger partial charge is 0.467 e. The maximum Gasteiger partial charge on any atom is 0.249 e. The van der Waals surface area contributed by atoms with Crippen LogP contribution in [0.3, 0.4) is 0 Å². The number of morpholine rings is 1. The highest BCUT2D eigenvalue weighted by molar-refractivity contribution is 7.10. The van der Waals surface area contributed by atoms with Crippen molar-refractivity contribution in [3.63, 3.8) is 0 Å². The van der Waals surface area contributed by atoms with Gasteiger partial charge < -0.3 is 20.0 Å². The Balaban J connectivity index is 1.64. The molecule has 2 unspecified atom stereocenters. The van der Waals surface area contributed by atoms with Gasteiger partial charge in [-0.1, -0.05) is 0 Å². The summed E-state index contributed by atoms with van der Waals surface area (Å²) in [6.45, 7) is 2.75. The van der Waals surface area contributed by atoms with Crippen LogP contribution in [0.15, 0.2) is 34.3 Å². The third kappa shape index (κ3) is 4.00. The molecule has 6 nitrogen and oxygen atoms in total. The molecule has 1 amide bonds. The van der Waals surface area contributed by atoms with Gasteiger partial charge >= 0.3 is 0 Å². The Bertz CT molecular complexity index is 640. The number of hydrogen-bond acceptors (Lipinski definition) is 6. The van der Waals surface area contributed by atoms with Gasteiger partial charge in [0.2, 0.25) is 5.91 Å². The van der Waals surface area contributed by atoms with E-state index in [-0.39, 0.29) is 6.04 Å². The summed E-state index contributed by atoms with van der Waals surface area (Å²) in [5, 5.41) is 12.1. The van der Waals surface area contributed by atoms with Crippen molar-refractivity contribution in [2.45, 2.75) is 25.1 Å². The number of nitrogens with two attached hydrogens (primary N) is 1. The van der Waals surface area contributed by atoms with Gasteiger partial charge in [0.05, 0.1) is 25.0 Å². The third-order valence-electron chi connectivity index (χ3n) is 4.01. The highest BCUT2D eigenvalue weighted by Gasteiger charge is 2.27. The van der Waals surface area contributed by atoms with Gasteiger partial charge in [0.1, 0.15) is 11.9 Å².